The molecule has 2 heterocycles. The third kappa shape index (κ3) is 2.41. The van der Waals surface area contributed by atoms with E-state index >= 15 is 0 Å². The molecule has 1 unspecified atom stereocenters. The minimum Gasteiger partial charge on any atom is -0.465 e. The highest BCUT2D eigenvalue weighted by atomic mass is 16.5. The summed E-state index contributed by atoms with van der Waals surface area (Å²) < 4.78 is 6.47. The van der Waals surface area contributed by atoms with Crippen LogP contribution in [-0.2, 0) is 11.2 Å². The Kier molecular flexibility index (Phi) is 3.60. The Labute approximate surface area is 144 Å². The second-order valence-electron chi connectivity index (χ2n) is 6.25. The number of hydrogen-bond donors (Lipinski definition) is 0. The summed E-state index contributed by atoms with van der Waals surface area (Å²) in [6.07, 6.45) is 2.68. The lowest BCUT2D eigenvalue weighted by atomic mass is 9.82. The predicted molar refractivity (Wildman–Crippen MR) is 90.9 cm³/mol. The molecule has 0 fully saturated rings. The Morgan fingerprint density at radius 1 is 1.24 bits per heavy atom. The van der Waals surface area contributed by atoms with Gasteiger partial charge in [0.25, 0.3) is 0 Å². The van der Waals surface area contributed by atoms with Crippen LogP contribution in [0, 0.1) is 6.92 Å². The molecule has 0 saturated heterocycles. The maximum Gasteiger partial charge on any atom is 0.343 e. The van der Waals surface area contributed by atoms with Crippen LogP contribution in [0.5, 0.6) is 0 Å². The van der Waals surface area contributed by atoms with Crippen LogP contribution in [0.15, 0.2) is 36.5 Å². The van der Waals surface area contributed by atoms with Gasteiger partial charge in [-0.1, -0.05) is 30.3 Å². The van der Waals surface area contributed by atoms with Gasteiger partial charge in [0.15, 0.2) is 11.4 Å². The van der Waals surface area contributed by atoms with Gasteiger partial charge in [0.2, 0.25) is 0 Å². The van der Waals surface area contributed by atoms with Crippen LogP contribution in [-0.4, -0.2) is 33.5 Å². The number of aryl methyl sites for hydroxylation is 1. The average Bonchev–Trinajstić information content (AvgIpc) is 2.98. The molecule has 0 amide bonds. The number of fused-ring (bicyclic) bond motifs is 3. The van der Waals surface area contributed by atoms with Gasteiger partial charge in [-0.2, -0.15) is 5.10 Å². The number of ketones is 1. The van der Waals surface area contributed by atoms with E-state index in [0.717, 1.165) is 11.3 Å². The van der Waals surface area contributed by atoms with E-state index in [1.807, 2.05) is 30.3 Å². The first-order valence-corrected chi connectivity index (χ1v) is 8.13. The van der Waals surface area contributed by atoms with Crippen molar-refractivity contribution in [2.45, 2.75) is 25.7 Å². The van der Waals surface area contributed by atoms with Gasteiger partial charge in [-0.05, 0) is 24.8 Å². The Bertz CT molecular complexity index is 992. The zero-order chi connectivity index (χ0) is 17.6. The smallest absolute Gasteiger partial charge is 0.343 e. The number of Topliss-reactive ketones (excluding diaryl/α,β-unsaturated/α-hetero) is 1. The van der Waals surface area contributed by atoms with Gasteiger partial charge in [0.05, 0.1) is 24.1 Å². The number of rotatable bonds is 2. The Hall–Kier alpha value is -3.02. The molecule has 1 atom stereocenters. The van der Waals surface area contributed by atoms with Crippen molar-refractivity contribution < 1.29 is 14.3 Å². The number of methoxy groups -OCH3 is 1. The minimum atomic E-state index is -0.471. The lowest BCUT2D eigenvalue weighted by molar-refractivity contribution is 0.0601. The molecule has 3 aromatic rings. The van der Waals surface area contributed by atoms with E-state index in [0.29, 0.717) is 35.3 Å². The van der Waals surface area contributed by atoms with Crippen LogP contribution in [0.3, 0.4) is 0 Å². The fraction of sp³-hybridized carbons (Fsp3) is 0.263. The zero-order valence-electron chi connectivity index (χ0n) is 14.0. The summed E-state index contributed by atoms with van der Waals surface area (Å²) in [7, 11) is 1.33. The van der Waals surface area contributed by atoms with E-state index in [4.69, 9.17) is 4.74 Å². The maximum absolute atomic E-state index is 12.6. The van der Waals surface area contributed by atoms with Gasteiger partial charge in [0, 0.05) is 12.6 Å². The number of carbonyl (C=O) groups excluding carboxylic acids is 2. The summed E-state index contributed by atoms with van der Waals surface area (Å²) in [6, 6.07) is 9.99. The largest absolute Gasteiger partial charge is 0.465 e. The molecular weight excluding hydrogens is 318 g/mol. The highest BCUT2D eigenvalue weighted by Gasteiger charge is 2.30. The number of esters is 1. The van der Waals surface area contributed by atoms with Gasteiger partial charge >= 0.3 is 5.97 Å². The molecule has 2 aromatic heterocycles. The summed E-state index contributed by atoms with van der Waals surface area (Å²) in [6.45, 7) is 1.74. The van der Waals surface area contributed by atoms with Crippen LogP contribution in [0.2, 0.25) is 0 Å². The topological polar surface area (TPSA) is 73.6 Å². The number of aromatic nitrogens is 3. The third-order valence-corrected chi connectivity index (χ3v) is 4.75. The van der Waals surface area contributed by atoms with Crippen molar-refractivity contribution in [2.24, 2.45) is 0 Å². The number of benzene rings is 1. The number of hydrogen-bond acceptors (Lipinski definition) is 5. The monoisotopic (exact) mass is 335 g/mol. The Balaban J connectivity index is 1.88. The molecule has 6 heteroatoms. The van der Waals surface area contributed by atoms with Gasteiger partial charge < -0.3 is 4.74 Å². The summed E-state index contributed by atoms with van der Waals surface area (Å²) >= 11 is 0. The second-order valence-corrected chi connectivity index (χ2v) is 6.25. The predicted octanol–water partition coefficient (Wildman–Crippen LogP) is 2.74. The lowest BCUT2D eigenvalue weighted by Gasteiger charge is -2.24. The maximum atomic E-state index is 12.6. The molecule has 4 rings (SSSR count). The molecule has 0 radical (unpaired) electrons. The van der Waals surface area contributed by atoms with Crippen molar-refractivity contribution in [3.63, 3.8) is 0 Å². The molecular formula is C19H17N3O3. The van der Waals surface area contributed by atoms with E-state index in [1.165, 1.54) is 7.11 Å². The first-order chi connectivity index (χ1) is 12.1. The SMILES string of the molecule is COC(=O)c1c(C)nn2c3c(cnc12)C(=O)CC(c1ccccc1)C3. The van der Waals surface area contributed by atoms with Crippen LogP contribution >= 0.6 is 0 Å². The standard InChI is InChI=1S/C19H17N3O3/c1-11-17(19(24)25-2)18-20-10-14-15(22(18)21-11)8-13(9-16(14)23)12-6-4-3-5-7-12/h3-7,10,13H,8-9H2,1-2H3. The molecule has 1 aliphatic rings. The highest BCUT2D eigenvalue weighted by Crippen LogP contribution is 2.33. The molecule has 0 spiro atoms. The van der Waals surface area contributed by atoms with Crippen molar-refractivity contribution in [1.29, 1.82) is 0 Å². The summed E-state index contributed by atoms with van der Waals surface area (Å²) in [4.78, 5) is 29.0. The van der Waals surface area contributed by atoms with Crippen molar-refractivity contribution in [3.05, 3.63) is 64.6 Å². The number of ether oxygens (including phenoxy) is 1. The average molecular weight is 335 g/mol. The molecule has 0 saturated carbocycles. The van der Waals surface area contributed by atoms with Gasteiger partial charge in [-0.3, -0.25) is 4.79 Å². The summed E-state index contributed by atoms with van der Waals surface area (Å²) in [5.41, 5.74) is 3.83. The first-order valence-electron chi connectivity index (χ1n) is 8.13. The van der Waals surface area contributed by atoms with Crippen LogP contribution in [0.4, 0.5) is 0 Å². The van der Waals surface area contributed by atoms with Crippen molar-refractivity contribution in [3.8, 4) is 0 Å². The molecule has 0 N–H and O–H groups in total. The number of carbonyl (C=O) groups is 2. The van der Waals surface area contributed by atoms with Crippen LogP contribution in [0.1, 0.15) is 50.0 Å². The highest BCUT2D eigenvalue weighted by molar-refractivity contribution is 6.00. The van der Waals surface area contributed by atoms with E-state index in [1.54, 1.807) is 17.6 Å². The normalized spacial score (nSPS) is 16.7. The molecule has 0 aliphatic heterocycles. The minimum absolute atomic E-state index is 0.0530. The molecule has 0 bridgehead atoms. The van der Waals surface area contributed by atoms with Gasteiger partial charge in [-0.25, -0.2) is 14.3 Å². The molecule has 1 aromatic carbocycles. The fourth-order valence-corrected chi connectivity index (χ4v) is 3.51. The van der Waals surface area contributed by atoms with E-state index in [9.17, 15) is 9.59 Å². The van der Waals surface area contributed by atoms with Crippen molar-refractivity contribution in [1.82, 2.24) is 14.6 Å². The lowest BCUT2D eigenvalue weighted by Crippen LogP contribution is -2.22. The van der Waals surface area contributed by atoms with E-state index in [-0.39, 0.29) is 11.7 Å². The van der Waals surface area contributed by atoms with E-state index in [2.05, 4.69) is 10.1 Å². The van der Waals surface area contributed by atoms with Crippen LogP contribution < -0.4 is 0 Å². The van der Waals surface area contributed by atoms with Gasteiger partial charge in [0.1, 0.15) is 5.56 Å². The molecule has 25 heavy (non-hydrogen) atoms. The Morgan fingerprint density at radius 3 is 2.72 bits per heavy atom. The van der Waals surface area contributed by atoms with Crippen molar-refractivity contribution in [2.75, 3.05) is 7.11 Å². The third-order valence-electron chi connectivity index (χ3n) is 4.75. The van der Waals surface area contributed by atoms with Gasteiger partial charge in [-0.15, -0.1) is 0 Å². The first kappa shape index (κ1) is 15.5. The fourth-order valence-electron chi connectivity index (χ4n) is 3.51. The summed E-state index contributed by atoms with van der Waals surface area (Å²) in [5.74, 6) is -0.322. The Morgan fingerprint density at radius 2 is 2.00 bits per heavy atom. The quantitative estimate of drug-likeness (QED) is 0.673. The van der Waals surface area contributed by atoms with Crippen molar-refractivity contribution >= 4 is 17.4 Å². The van der Waals surface area contributed by atoms with Crippen LogP contribution in [0.25, 0.3) is 5.65 Å². The summed E-state index contributed by atoms with van der Waals surface area (Å²) in [5, 5.41) is 4.46. The van der Waals surface area contributed by atoms with E-state index < -0.39 is 5.97 Å². The molecule has 126 valence electrons. The molecule has 1 aliphatic carbocycles. The zero-order valence-corrected chi connectivity index (χ0v) is 14.0. The second kappa shape index (κ2) is 5.81. The number of nitrogens with zero attached hydrogens (tertiary/aromatic N) is 3. The molecule has 6 nitrogen and oxygen atoms in total.